The van der Waals surface area contributed by atoms with Crippen LogP contribution >= 0.6 is 0 Å². The van der Waals surface area contributed by atoms with E-state index in [-0.39, 0.29) is 11.7 Å². The molecule has 0 radical (unpaired) electrons. The minimum atomic E-state index is -0.349. The van der Waals surface area contributed by atoms with Crippen LogP contribution in [0.15, 0.2) is 42.6 Å². The zero-order valence-corrected chi connectivity index (χ0v) is 12.1. The van der Waals surface area contributed by atoms with Gasteiger partial charge in [0.25, 0.3) is 5.91 Å². The molecule has 2 aromatic carbocycles. The first-order valence-electron chi connectivity index (χ1n) is 7.18. The quantitative estimate of drug-likeness (QED) is 0.763. The van der Waals surface area contributed by atoms with Crippen LogP contribution in [0.4, 0.5) is 10.1 Å². The van der Waals surface area contributed by atoms with E-state index in [0.29, 0.717) is 46.9 Å². The van der Waals surface area contributed by atoms with Gasteiger partial charge in [-0.05, 0) is 30.3 Å². The number of hydrogen-bond acceptors (Lipinski definition) is 3. The van der Waals surface area contributed by atoms with E-state index in [1.54, 1.807) is 30.5 Å². The zero-order valence-electron chi connectivity index (χ0n) is 12.1. The number of rotatable bonds is 2. The summed E-state index contributed by atoms with van der Waals surface area (Å²) in [7, 11) is 0. The van der Waals surface area contributed by atoms with Gasteiger partial charge in [-0.3, -0.25) is 4.79 Å². The van der Waals surface area contributed by atoms with Gasteiger partial charge in [0, 0.05) is 28.9 Å². The second kappa shape index (κ2) is 5.31. The molecule has 116 valence electrons. The van der Waals surface area contributed by atoms with Crippen LogP contribution in [0, 0.1) is 5.82 Å². The molecule has 23 heavy (non-hydrogen) atoms. The van der Waals surface area contributed by atoms with Crippen LogP contribution in [0.1, 0.15) is 10.4 Å². The van der Waals surface area contributed by atoms with Crippen molar-refractivity contribution in [3.05, 3.63) is 54.0 Å². The van der Waals surface area contributed by atoms with E-state index in [9.17, 15) is 9.18 Å². The minimum absolute atomic E-state index is 0.278. The van der Waals surface area contributed by atoms with Crippen LogP contribution in [0.25, 0.3) is 10.9 Å². The van der Waals surface area contributed by atoms with Crippen molar-refractivity contribution >= 4 is 22.5 Å². The summed E-state index contributed by atoms with van der Waals surface area (Å²) in [5, 5.41) is 3.48. The third-order valence-corrected chi connectivity index (χ3v) is 3.69. The molecule has 1 aliphatic heterocycles. The molecular weight excluding hydrogens is 299 g/mol. The van der Waals surface area contributed by atoms with Crippen molar-refractivity contribution in [3.8, 4) is 11.5 Å². The van der Waals surface area contributed by atoms with E-state index in [0.717, 1.165) is 0 Å². The highest BCUT2D eigenvalue weighted by atomic mass is 19.1. The lowest BCUT2D eigenvalue weighted by Crippen LogP contribution is -2.16. The molecule has 1 amide bonds. The zero-order chi connectivity index (χ0) is 15.8. The van der Waals surface area contributed by atoms with Crippen molar-refractivity contribution in [2.24, 2.45) is 0 Å². The van der Waals surface area contributed by atoms with Crippen LogP contribution in [0.3, 0.4) is 0 Å². The standard InChI is InChI=1S/C17H13FN2O3/c18-10-1-3-12-13(9-19-14(12)7-10)17(21)20-11-2-4-15-16(8-11)23-6-5-22-15/h1-4,7-9,19H,5-6H2,(H,20,21). The molecule has 3 aromatic rings. The van der Waals surface area contributed by atoms with Gasteiger partial charge in [0.2, 0.25) is 0 Å². The summed E-state index contributed by atoms with van der Waals surface area (Å²) in [6.45, 7) is 1.00. The molecule has 2 N–H and O–H groups in total. The van der Waals surface area contributed by atoms with E-state index in [1.165, 1.54) is 12.1 Å². The van der Waals surface area contributed by atoms with Crippen LogP contribution in [-0.2, 0) is 0 Å². The van der Waals surface area contributed by atoms with Gasteiger partial charge < -0.3 is 19.8 Å². The molecule has 6 heteroatoms. The van der Waals surface area contributed by atoms with Crippen LogP contribution in [0.5, 0.6) is 11.5 Å². The molecular formula is C17H13FN2O3. The number of anilines is 1. The molecule has 0 unspecified atom stereocenters. The number of amides is 1. The van der Waals surface area contributed by atoms with E-state index in [4.69, 9.17) is 9.47 Å². The Hall–Kier alpha value is -3.02. The molecule has 0 aliphatic carbocycles. The Morgan fingerprint density at radius 3 is 2.78 bits per heavy atom. The molecule has 2 heterocycles. The Bertz CT molecular complexity index is 904. The van der Waals surface area contributed by atoms with E-state index in [2.05, 4.69) is 10.3 Å². The van der Waals surface area contributed by atoms with E-state index in [1.807, 2.05) is 0 Å². The first-order valence-corrected chi connectivity index (χ1v) is 7.18. The maximum absolute atomic E-state index is 13.2. The Kier molecular flexibility index (Phi) is 3.15. The number of fused-ring (bicyclic) bond motifs is 2. The highest BCUT2D eigenvalue weighted by molar-refractivity contribution is 6.12. The molecule has 5 nitrogen and oxygen atoms in total. The van der Waals surface area contributed by atoms with Crippen LogP contribution in [0.2, 0.25) is 0 Å². The van der Waals surface area contributed by atoms with E-state index >= 15 is 0 Å². The Balaban J connectivity index is 1.62. The second-order valence-electron chi connectivity index (χ2n) is 5.20. The smallest absolute Gasteiger partial charge is 0.257 e. The van der Waals surface area contributed by atoms with Gasteiger partial charge in [-0.25, -0.2) is 4.39 Å². The van der Waals surface area contributed by atoms with Gasteiger partial charge in [-0.15, -0.1) is 0 Å². The van der Waals surface area contributed by atoms with Crippen molar-refractivity contribution < 1.29 is 18.7 Å². The third kappa shape index (κ3) is 2.48. The largest absolute Gasteiger partial charge is 0.486 e. The van der Waals surface area contributed by atoms with Crippen LogP contribution in [-0.4, -0.2) is 24.1 Å². The molecule has 0 spiro atoms. The third-order valence-electron chi connectivity index (χ3n) is 3.69. The van der Waals surface area contributed by atoms with Gasteiger partial charge in [-0.2, -0.15) is 0 Å². The number of ether oxygens (including phenoxy) is 2. The van der Waals surface area contributed by atoms with Crippen molar-refractivity contribution in [2.75, 3.05) is 18.5 Å². The molecule has 1 aromatic heterocycles. The lowest BCUT2D eigenvalue weighted by molar-refractivity contribution is 0.102. The molecule has 0 saturated heterocycles. The average molecular weight is 312 g/mol. The number of aromatic nitrogens is 1. The Morgan fingerprint density at radius 1 is 1.09 bits per heavy atom. The first kappa shape index (κ1) is 13.6. The summed E-state index contributed by atoms with van der Waals surface area (Å²) in [5.41, 5.74) is 1.64. The number of H-pyrrole nitrogens is 1. The summed E-state index contributed by atoms with van der Waals surface area (Å²) in [5.74, 6) is 0.643. The topological polar surface area (TPSA) is 63.4 Å². The molecule has 0 bridgehead atoms. The lowest BCUT2D eigenvalue weighted by atomic mass is 10.1. The summed E-state index contributed by atoms with van der Waals surface area (Å²) >= 11 is 0. The van der Waals surface area contributed by atoms with Crippen molar-refractivity contribution in [2.45, 2.75) is 0 Å². The number of nitrogens with one attached hydrogen (secondary N) is 2. The van der Waals surface area contributed by atoms with Gasteiger partial charge in [0.1, 0.15) is 19.0 Å². The van der Waals surface area contributed by atoms with Crippen molar-refractivity contribution in [1.82, 2.24) is 4.98 Å². The fourth-order valence-electron chi connectivity index (χ4n) is 2.61. The number of carbonyl (C=O) groups is 1. The summed E-state index contributed by atoms with van der Waals surface area (Å²) in [6.07, 6.45) is 1.57. The van der Waals surface area contributed by atoms with Crippen molar-refractivity contribution in [3.63, 3.8) is 0 Å². The van der Waals surface area contributed by atoms with Gasteiger partial charge in [0.05, 0.1) is 5.56 Å². The number of carbonyl (C=O) groups excluding carboxylic acids is 1. The summed E-state index contributed by atoms with van der Waals surface area (Å²) in [4.78, 5) is 15.3. The number of halogens is 1. The maximum Gasteiger partial charge on any atom is 0.257 e. The predicted molar refractivity (Wildman–Crippen MR) is 83.6 cm³/mol. The van der Waals surface area contributed by atoms with Gasteiger partial charge in [0.15, 0.2) is 11.5 Å². The van der Waals surface area contributed by atoms with Crippen LogP contribution < -0.4 is 14.8 Å². The van der Waals surface area contributed by atoms with E-state index < -0.39 is 0 Å². The highest BCUT2D eigenvalue weighted by Crippen LogP contribution is 2.33. The second-order valence-corrected chi connectivity index (χ2v) is 5.20. The lowest BCUT2D eigenvalue weighted by Gasteiger charge is -2.18. The average Bonchev–Trinajstić information content (AvgIpc) is 2.97. The Morgan fingerprint density at radius 2 is 1.91 bits per heavy atom. The predicted octanol–water partition coefficient (Wildman–Crippen LogP) is 3.33. The van der Waals surface area contributed by atoms with Gasteiger partial charge >= 0.3 is 0 Å². The molecule has 0 atom stereocenters. The SMILES string of the molecule is O=C(Nc1ccc2c(c1)OCCO2)c1c[nH]c2cc(F)ccc12. The fraction of sp³-hybridized carbons (Fsp3) is 0.118. The Labute approximate surface area is 131 Å². The molecule has 4 rings (SSSR count). The molecule has 1 aliphatic rings. The maximum atomic E-state index is 13.2. The first-order chi connectivity index (χ1) is 11.2. The summed E-state index contributed by atoms with van der Waals surface area (Å²) in [6, 6.07) is 9.50. The van der Waals surface area contributed by atoms with Crippen molar-refractivity contribution in [1.29, 1.82) is 0 Å². The number of benzene rings is 2. The minimum Gasteiger partial charge on any atom is -0.486 e. The fourth-order valence-corrected chi connectivity index (χ4v) is 2.61. The molecule has 0 fully saturated rings. The number of aromatic amines is 1. The van der Waals surface area contributed by atoms with Gasteiger partial charge in [-0.1, -0.05) is 0 Å². The normalized spacial score (nSPS) is 13.1. The molecule has 0 saturated carbocycles. The number of hydrogen-bond donors (Lipinski definition) is 2. The summed E-state index contributed by atoms with van der Waals surface area (Å²) < 4.78 is 24.1. The monoisotopic (exact) mass is 312 g/mol. The highest BCUT2D eigenvalue weighted by Gasteiger charge is 2.15.